The summed E-state index contributed by atoms with van der Waals surface area (Å²) in [4.78, 5) is 7.34. The maximum absolute atomic E-state index is 13.2. The van der Waals surface area contributed by atoms with Gasteiger partial charge in [-0.3, -0.25) is 0 Å². The van der Waals surface area contributed by atoms with Crippen molar-refractivity contribution in [2.24, 2.45) is 5.73 Å². The fraction of sp³-hybridized carbons (Fsp3) is 0.778. The highest BCUT2D eigenvalue weighted by atomic mass is 19.4. The maximum atomic E-state index is 13.2. The Morgan fingerprint density at radius 2 is 1.81 bits per heavy atom. The first-order chi connectivity index (χ1) is 15.3. The number of nitrogens with zero attached hydrogens (tertiary/aromatic N) is 2. The van der Waals surface area contributed by atoms with Crippen molar-refractivity contribution >= 4 is 5.95 Å². The first kappa shape index (κ1) is 26.4. The van der Waals surface area contributed by atoms with Gasteiger partial charge in [-0.15, -0.1) is 0 Å². The molecule has 1 fully saturated rings. The molecule has 4 atom stereocenters. The summed E-state index contributed by atoms with van der Waals surface area (Å²) in [6, 6.07) is -0.293. The lowest BCUT2D eigenvalue weighted by molar-refractivity contribution is -0.156. The Bertz CT molecular complexity index is 686. The van der Waals surface area contributed by atoms with Crippen LogP contribution in [0.15, 0.2) is 6.07 Å². The van der Waals surface area contributed by atoms with Crippen LogP contribution in [0.1, 0.15) is 5.69 Å². The van der Waals surface area contributed by atoms with E-state index in [2.05, 4.69) is 15.3 Å². The second kappa shape index (κ2) is 13.0. The number of rotatable bonds is 13. The van der Waals surface area contributed by atoms with Crippen molar-refractivity contribution < 1.29 is 47.1 Å². The number of nitrogens with one attached hydrogen (secondary N) is 1. The van der Waals surface area contributed by atoms with E-state index in [9.17, 15) is 23.4 Å². The third-order valence-electron chi connectivity index (χ3n) is 4.38. The molecule has 5 N–H and O–H groups in total. The Labute approximate surface area is 183 Å². The quantitative estimate of drug-likeness (QED) is 0.274. The second-order valence-corrected chi connectivity index (χ2v) is 6.83. The van der Waals surface area contributed by atoms with Gasteiger partial charge in [0, 0.05) is 19.7 Å². The van der Waals surface area contributed by atoms with Crippen molar-refractivity contribution in [3.05, 3.63) is 11.8 Å². The van der Waals surface area contributed by atoms with Gasteiger partial charge in [-0.1, -0.05) is 0 Å². The van der Waals surface area contributed by atoms with E-state index in [-0.39, 0.29) is 38.9 Å². The van der Waals surface area contributed by atoms with E-state index < -0.39 is 42.2 Å². The summed E-state index contributed by atoms with van der Waals surface area (Å²) in [5, 5.41) is 23.0. The number of aliphatic hydroxyl groups excluding tert-OH is 2. The van der Waals surface area contributed by atoms with Gasteiger partial charge in [0.15, 0.2) is 5.69 Å². The van der Waals surface area contributed by atoms with Crippen molar-refractivity contribution in [2.45, 2.75) is 30.5 Å². The van der Waals surface area contributed by atoms with Crippen molar-refractivity contribution in [2.75, 3.05) is 65.2 Å². The molecule has 0 saturated carbocycles. The number of hydrogen-bond donors (Lipinski definition) is 4. The fourth-order valence-electron chi connectivity index (χ4n) is 2.81. The lowest BCUT2D eigenvalue weighted by Crippen LogP contribution is -2.57. The molecule has 0 spiro atoms. The zero-order valence-electron chi connectivity index (χ0n) is 17.6. The Balaban J connectivity index is 1.97. The Morgan fingerprint density at radius 3 is 2.47 bits per heavy atom. The molecule has 1 aliphatic rings. The SMILES string of the molecule is COC[C@H]1OC[C@H](Nc2nc(OCCOCCOCCN)cc(C(F)(F)F)n2)[C@@H](O)[C@H]1O. The topological polar surface area (TPSA) is 150 Å². The molecule has 14 heteroatoms. The zero-order chi connectivity index (χ0) is 23.6. The minimum Gasteiger partial charge on any atom is -0.475 e. The standard InChI is InChI=1S/C18H29F3N4O7/c1-28-10-12-16(27)15(26)11(9-32-12)23-17-24-13(18(19,20)21)8-14(25-17)31-7-6-30-5-4-29-3-2-22/h8,11-12,15-16,26-27H,2-7,9-10,22H2,1H3,(H,23,24,25)/t11-,12+,15+,16-/m0/s1. The summed E-state index contributed by atoms with van der Waals surface area (Å²) in [5.41, 5.74) is 4.05. The van der Waals surface area contributed by atoms with E-state index in [1.54, 1.807) is 0 Å². The second-order valence-electron chi connectivity index (χ2n) is 6.83. The monoisotopic (exact) mass is 470 g/mol. The summed E-state index contributed by atoms with van der Waals surface area (Å²) < 4.78 is 65.7. The van der Waals surface area contributed by atoms with Crippen LogP contribution in [0, 0.1) is 0 Å². The molecule has 1 aromatic rings. The molecule has 2 rings (SSSR count). The van der Waals surface area contributed by atoms with Gasteiger partial charge in [-0.25, -0.2) is 4.98 Å². The van der Waals surface area contributed by atoms with Crippen LogP contribution in [0.3, 0.4) is 0 Å². The molecule has 11 nitrogen and oxygen atoms in total. The number of nitrogens with two attached hydrogens (primary N) is 1. The third kappa shape index (κ3) is 8.27. The predicted molar refractivity (Wildman–Crippen MR) is 104 cm³/mol. The molecule has 0 aromatic carbocycles. The molecule has 1 aliphatic heterocycles. The zero-order valence-corrected chi connectivity index (χ0v) is 17.6. The maximum Gasteiger partial charge on any atom is 0.433 e. The van der Waals surface area contributed by atoms with E-state index in [0.717, 1.165) is 0 Å². The average molecular weight is 470 g/mol. The molecule has 0 amide bonds. The van der Waals surface area contributed by atoms with E-state index >= 15 is 0 Å². The number of methoxy groups -OCH3 is 1. The summed E-state index contributed by atoms with van der Waals surface area (Å²) in [5.74, 6) is -0.766. The molecule has 0 radical (unpaired) electrons. The molecule has 32 heavy (non-hydrogen) atoms. The molecule has 0 bridgehead atoms. The van der Waals surface area contributed by atoms with E-state index in [0.29, 0.717) is 25.8 Å². The van der Waals surface area contributed by atoms with Crippen LogP contribution in [0.5, 0.6) is 5.88 Å². The van der Waals surface area contributed by atoms with Crippen molar-refractivity contribution in [3.8, 4) is 5.88 Å². The number of halogens is 3. The van der Waals surface area contributed by atoms with Gasteiger partial charge in [0.25, 0.3) is 0 Å². The summed E-state index contributed by atoms with van der Waals surface area (Å²) in [7, 11) is 1.41. The molecular weight excluding hydrogens is 441 g/mol. The van der Waals surface area contributed by atoms with Crippen LogP contribution in [0.4, 0.5) is 19.1 Å². The van der Waals surface area contributed by atoms with Crippen LogP contribution < -0.4 is 15.8 Å². The van der Waals surface area contributed by atoms with Crippen molar-refractivity contribution in [1.82, 2.24) is 9.97 Å². The number of aliphatic hydroxyl groups is 2. The van der Waals surface area contributed by atoms with Gasteiger partial charge in [0.2, 0.25) is 11.8 Å². The minimum absolute atomic E-state index is 0.0458. The third-order valence-corrected chi connectivity index (χ3v) is 4.38. The normalized spacial score (nSPS) is 23.8. The van der Waals surface area contributed by atoms with E-state index in [1.165, 1.54) is 7.11 Å². The van der Waals surface area contributed by atoms with Gasteiger partial charge >= 0.3 is 6.18 Å². The molecule has 0 aliphatic carbocycles. The van der Waals surface area contributed by atoms with Crippen LogP contribution in [-0.2, 0) is 25.1 Å². The van der Waals surface area contributed by atoms with Crippen LogP contribution >= 0.6 is 0 Å². The number of anilines is 1. The van der Waals surface area contributed by atoms with Gasteiger partial charge in [-0.05, 0) is 0 Å². The van der Waals surface area contributed by atoms with Crippen LogP contribution in [0.25, 0.3) is 0 Å². The van der Waals surface area contributed by atoms with Gasteiger partial charge in [-0.2, -0.15) is 18.2 Å². The smallest absolute Gasteiger partial charge is 0.433 e. The van der Waals surface area contributed by atoms with E-state index in [4.69, 9.17) is 29.4 Å². The lowest BCUT2D eigenvalue weighted by Gasteiger charge is -2.37. The molecule has 2 heterocycles. The van der Waals surface area contributed by atoms with Gasteiger partial charge < -0.3 is 44.9 Å². The van der Waals surface area contributed by atoms with Crippen molar-refractivity contribution in [3.63, 3.8) is 0 Å². The minimum atomic E-state index is -4.75. The Hall–Kier alpha value is -1.81. The number of alkyl halides is 3. The highest BCUT2D eigenvalue weighted by Gasteiger charge is 2.39. The first-order valence-corrected chi connectivity index (χ1v) is 9.94. The molecular formula is C18H29F3N4O7. The van der Waals surface area contributed by atoms with Crippen LogP contribution in [0.2, 0.25) is 0 Å². The summed E-state index contributed by atoms with van der Waals surface area (Å²) in [6.45, 7) is 1.39. The lowest BCUT2D eigenvalue weighted by atomic mass is 9.98. The van der Waals surface area contributed by atoms with Gasteiger partial charge in [0.1, 0.15) is 24.9 Å². The number of ether oxygens (including phenoxy) is 5. The summed E-state index contributed by atoms with van der Waals surface area (Å²) in [6.07, 6.45) is -8.18. The van der Waals surface area contributed by atoms with Crippen LogP contribution in [-0.4, -0.2) is 104 Å². The molecule has 1 saturated heterocycles. The van der Waals surface area contributed by atoms with E-state index in [1.807, 2.05) is 0 Å². The predicted octanol–water partition coefficient (Wildman–Crippen LogP) is -0.586. The number of hydrogen-bond acceptors (Lipinski definition) is 11. The molecule has 0 unspecified atom stereocenters. The highest BCUT2D eigenvalue weighted by molar-refractivity contribution is 5.34. The first-order valence-electron chi connectivity index (χ1n) is 9.94. The fourth-order valence-corrected chi connectivity index (χ4v) is 2.81. The Kier molecular flexibility index (Phi) is 10.8. The highest BCUT2D eigenvalue weighted by Crippen LogP contribution is 2.30. The summed E-state index contributed by atoms with van der Waals surface area (Å²) >= 11 is 0. The molecule has 1 aromatic heterocycles. The van der Waals surface area contributed by atoms with Crippen molar-refractivity contribution in [1.29, 1.82) is 0 Å². The number of aromatic nitrogens is 2. The molecule has 184 valence electrons. The average Bonchev–Trinajstić information content (AvgIpc) is 2.75. The van der Waals surface area contributed by atoms with Gasteiger partial charge in [0.05, 0.1) is 45.7 Å². The largest absolute Gasteiger partial charge is 0.475 e. The Morgan fingerprint density at radius 1 is 1.12 bits per heavy atom.